The third kappa shape index (κ3) is 3.31. The van der Waals surface area contributed by atoms with Crippen molar-refractivity contribution >= 4 is 22.0 Å². The summed E-state index contributed by atoms with van der Waals surface area (Å²) in [6.45, 7) is 3.51. The molecule has 1 aliphatic heterocycles. The summed E-state index contributed by atoms with van der Waals surface area (Å²) < 4.78 is 27.7. The summed E-state index contributed by atoms with van der Waals surface area (Å²) >= 11 is 1.83. The van der Waals surface area contributed by atoms with E-state index in [1.807, 2.05) is 36.9 Å². The predicted molar refractivity (Wildman–Crippen MR) is 80.4 cm³/mol. The molecule has 0 N–H and O–H groups in total. The van der Waals surface area contributed by atoms with Gasteiger partial charge in [-0.3, -0.25) is 0 Å². The Morgan fingerprint density at radius 1 is 1.37 bits per heavy atom. The van der Waals surface area contributed by atoms with Crippen molar-refractivity contribution in [3.63, 3.8) is 0 Å². The molecule has 1 aromatic rings. The lowest BCUT2D eigenvalue weighted by Crippen LogP contribution is -2.46. The van der Waals surface area contributed by atoms with Crippen molar-refractivity contribution in [2.24, 2.45) is 0 Å². The zero-order valence-electron chi connectivity index (χ0n) is 11.3. The van der Waals surface area contributed by atoms with Gasteiger partial charge in [-0.05, 0) is 5.56 Å². The van der Waals surface area contributed by atoms with Gasteiger partial charge in [-0.2, -0.15) is 28.8 Å². The van der Waals surface area contributed by atoms with Crippen LogP contribution >= 0.6 is 11.8 Å². The van der Waals surface area contributed by atoms with E-state index in [0.717, 1.165) is 5.75 Å². The molecular weight excluding hydrogens is 280 g/mol. The van der Waals surface area contributed by atoms with E-state index in [4.69, 9.17) is 0 Å². The maximum atomic E-state index is 12.3. The number of thioether (sulfide) groups is 1. The highest BCUT2D eigenvalue weighted by atomic mass is 32.2. The first-order valence-corrected chi connectivity index (χ1v) is 8.88. The summed E-state index contributed by atoms with van der Waals surface area (Å²) in [5, 5.41) is 0.231. The maximum Gasteiger partial charge on any atom is 0.281 e. The second-order valence-electron chi connectivity index (χ2n) is 4.55. The molecule has 0 aliphatic carbocycles. The Hall–Kier alpha value is -0.560. The van der Waals surface area contributed by atoms with Crippen LogP contribution in [0.1, 0.15) is 17.7 Å². The molecule has 0 aromatic heterocycles. The minimum Gasteiger partial charge on any atom is -0.195 e. The first kappa shape index (κ1) is 14.8. The Balaban J connectivity index is 2.14. The van der Waals surface area contributed by atoms with Crippen molar-refractivity contribution in [3.8, 4) is 0 Å². The van der Waals surface area contributed by atoms with E-state index in [2.05, 4.69) is 12.1 Å². The molecule has 106 valence electrons. The molecule has 0 amide bonds. The van der Waals surface area contributed by atoms with E-state index in [1.165, 1.54) is 9.87 Å². The van der Waals surface area contributed by atoms with Crippen LogP contribution in [-0.2, 0) is 10.2 Å². The topological polar surface area (TPSA) is 40.6 Å². The van der Waals surface area contributed by atoms with Crippen molar-refractivity contribution in [1.82, 2.24) is 8.61 Å². The van der Waals surface area contributed by atoms with Crippen LogP contribution in [-0.4, -0.2) is 49.5 Å². The van der Waals surface area contributed by atoms with Crippen molar-refractivity contribution in [3.05, 3.63) is 35.9 Å². The van der Waals surface area contributed by atoms with E-state index in [0.29, 0.717) is 19.6 Å². The second-order valence-corrected chi connectivity index (χ2v) is 7.90. The number of nitrogens with zero attached hydrogens (tertiary/aromatic N) is 2. The average molecular weight is 300 g/mol. The van der Waals surface area contributed by atoms with Gasteiger partial charge in [-0.1, -0.05) is 37.3 Å². The molecular formula is C13H20N2O2S2. The third-order valence-electron chi connectivity index (χ3n) is 3.37. The molecule has 19 heavy (non-hydrogen) atoms. The van der Waals surface area contributed by atoms with Crippen LogP contribution in [0.5, 0.6) is 0 Å². The number of rotatable bonds is 4. The molecule has 6 heteroatoms. The van der Waals surface area contributed by atoms with E-state index in [1.54, 1.807) is 11.4 Å². The highest BCUT2D eigenvalue weighted by Gasteiger charge is 2.32. The Kier molecular flexibility index (Phi) is 4.89. The monoisotopic (exact) mass is 300 g/mol. The highest BCUT2D eigenvalue weighted by molar-refractivity contribution is 7.99. The highest BCUT2D eigenvalue weighted by Crippen LogP contribution is 2.34. The summed E-state index contributed by atoms with van der Waals surface area (Å²) in [6.07, 6.45) is 0. The van der Waals surface area contributed by atoms with Crippen LogP contribution in [0.4, 0.5) is 0 Å². The fraction of sp³-hybridized carbons (Fsp3) is 0.538. The maximum absolute atomic E-state index is 12.3. The lowest BCUT2D eigenvalue weighted by Gasteiger charge is -2.34. The van der Waals surface area contributed by atoms with Crippen LogP contribution in [0, 0.1) is 0 Å². The molecule has 0 radical (unpaired) electrons. The SMILES string of the molecule is CCN(C)S(=O)(=O)N1CCS[C@@H](c2ccccc2)C1. The van der Waals surface area contributed by atoms with Crippen molar-refractivity contribution in [2.45, 2.75) is 12.2 Å². The van der Waals surface area contributed by atoms with Gasteiger partial charge in [0.25, 0.3) is 10.2 Å². The first-order valence-electron chi connectivity index (χ1n) is 6.43. The normalized spacial score (nSPS) is 21.7. The zero-order valence-corrected chi connectivity index (χ0v) is 13.0. The molecule has 1 saturated heterocycles. The number of hydrogen-bond donors (Lipinski definition) is 0. The zero-order chi connectivity index (χ0) is 13.9. The molecule has 1 atom stereocenters. The Morgan fingerprint density at radius 3 is 2.68 bits per heavy atom. The number of hydrogen-bond acceptors (Lipinski definition) is 3. The Morgan fingerprint density at radius 2 is 2.05 bits per heavy atom. The lowest BCUT2D eigenvalue weighted by atomic mass is 10.1. The predicted octanol–water partition coefficient (Wildman–Crippen LogP) is 1.97. The van der Waals surface area contributed by atoms with Gasteiger partial charge >= 0.3 is 0 Å². The second kappa shape index (κ2) is 6.26. The van der Waals surface area contributed by atoms with E-state index >= 15 is 0 Å². The average Bonchev–Trinajstić information content (AvgIpc) is 2.47. The van der Waals surface area contributed by atoms with Crippen molar-refractivity contribution in [1.29, 1.82) is 0 Å². The fourth-order valence-corrected chi connectivity index (χ4v) is 4.90. The summed E-state index contributed by atoms with van der Waals surface area (Å²) in [6, 6.07) is 10.1. The van der Waals surface area contributed by atoms with Crippen LogP contribution in [0.15, 0.2) is 30.3 Å². The Bertz CT molecular complexity index is 505. The van der Waals surface area contributed by atoms with Crippen molar-refractivity contribution < 1.29 is 8.42 Å². The van der Waals surface area contributed by atoms with E-state index in [-0.39, 0.29) is 5.25 Å². The Labute approximate surface area is 120 Å². The summed E-state index contributed by atoms with van der Waals surface area (Å²) in [7, 11) is -1.67. The smallest absolute Gasteiger partial charge is 0.195 e. The molecule has 1 aromatic carbocycles. The van der Waals surface area contributed by atoms with Crippen LogP contribution in [0.3, 0.4) is 0 Å². The lowest BCUT2D eigenvalue weighted by molar-refractivity contribution is 0.370. The molecule has 0 bridgehead atoms. The van der Waals surface area contributed by atoms with E-state index in [9.17, 15) is 8.42 Å². The quantitative estimate of drug-likeness (QED) is 0.853. The molecule has 4 nitrogen and oxygen atoms in total. The van der Waals surface area contributed by atoms with Gasteiger partial charge in [0.1, 0.15) is 0 Å². The van der Waals surface area contributed by atoms with Gasteiger partial charge in [0.2, 0.25) is 0 Å². The summed E-state index contributed by atoms with van der Waals surface area (Å²) in [5.41, 5.74) is 1.20. The van der Waals surface area contributed by atoms with Crippen LogP contribution in [0.2, 0.25) is 0 Å². The number of benzene rings is 1. The minimum absolute atomic E-state index is 0.231. The molecule has 1 aliphatic rings. The molecule has 1 heterocycles. The third-order valence-corrected chi connectivity index (χ3v) is 6.64. The fourth-order valence-electron chi connectivity index (χ4n) is 2.06. The molecule has 0 unspecified atom stereocenters. The van der Waals surface area contributed by atoms with Gasteiger partial charge in [-0.15, -0.1) is 0 Å². The molecule has 0 saturated carbocycles. The van der Waals surface area contributed by atoms with Crippen molar-refractivity contribution in [2.75, 3.05) is 32.4 Å². The minimum atomic E-state index is -3.30. The van der Waals surface area contributed by atoms with Crippen LogP contribution in [0.25, 0.3) is 0 Å². The van der Waals surface area contributed by atoms with Gasteiger partial charge < -0.3 is 0 Å². The van der Waals surface area contributed by atoms with Gasteiger partial charge in [0, 0.05) is 37.7 Å². The molecule has 0 spiro atoms. The first-order chi connectivity index (χ1) is 9.05. The molecule has 2 rings (SSSR count). The summed E-state index contributed by atoms with van der Waals surface area (Å²) in [4.78, 5) is 0. The van der Waals surface area contributed by atoms with E-state index < -0.39 is 10.2 Å². The van der Waals surface area contributed by atoms with Crippen LogP contribution < -0.4 is 0 Å². The summed E-state index contributed by atoms with van der Waals surface area (Å²) in [5.74, 6) is 0.844. The van der Waals surface area contributed by atoms with Gasteiger partial charge in [-0.25, -0.2) is 0 Å². The standard InChI is InChI=1S/C13H20N2O2S2/c1-3-14(2)19(16,17)15-9-10-18-13(11-15)12-7-5-4-6-8-12/h4-8,13H,3,9-11H2,1-2H3/t13-/m1/s1. The van der Waals surface area contributed by atoms with Gasteiger partial charge in [0.15, 0.2) is 0 Å². The van der Waals surface area contributed by atoms with Gasteiger partial charge in [0.05, 0.1) is 0 Å². The largest absolute Gasteiger partial charge is 0.281 e. The molecule has 1 fully saturated rings.